The summed E-state index contributed by atoms with van der Waals surface area (Å²) >= 11 is 0. The molecule has 1 aromatic carbocycles. The molecule has 0 aliphatic carbocycles. The second kappa shape index (κ2) is 10.2. The number of carbonyl (C=O) groups excluding carboxylic acids is 2. The second-order valence-electron chi connectivity index (χ2n) is 10.1. The van der Waals surface area contributed by atoms with Crippen LogP contribution in [0.4, 0.5) is 5.82 Å². The molecule has 5 rings (SSSR count). The van der Waals surface area contributed by atoms with Crippen LogP contribution in [0.3, 0.4) is 0 Å². The molecule has 0 radical (unpaired) electrons. The quantitative estimate of drug-likeness (QED) is 0.604. The Bertz CT molecular complexity index is 1160. The molecule has 7 heteroatoms. The summed E-state index contributed by atoms with van der Waals surface area (Å²) in [5.74, 6) is 1.74. The number of aromatic nitrogens is 2. The van der Waals surface area contributed by atoms with E-state index in [1.54, 1.807) is 17.2 Å². The number of H-pyrrole nitrogens is 1. The van der Waals surface area contributed by atoms with Crippen molar-refractivity contribution in [3.05, 3.63) is 60.4 Å². The van der Waals surface area contributed by atoms with Crippen LogP contribution in [0.15, 0.2) is 54.9 Å². The molecule has 0 spiro atoms. The highest BCUT2D eigenvalue weighted by Gasteiger charge is 2.35. The largest absolute Gasteiger partial charge is 0.361 e. The lowest BCUT2D eigenvalue weighted by atomic mass is 9.79. The van der Waals surface area contributed by atoms with E-state index in [2.05, 4.69) is 21.9 Å². The molecule has 7 nitrogen and oxygen atoms in total. The number of pyridine rings is 1. The first-order valence-corrected chi connectivity index (χ1v) is 12.8. The summed E-state index contributed by atoms with van der Waals surface area (Å²) in [6.45, 7) is 5.70. The Morgan fingerprint density at radius 1 is 1.00 bits per heavy atom. The number of amides is 2. The predicted octanol–water partition coefficient (Wildman–Crippen LogP) is 4.18. The Hall–Kier alpha value is -3.19. The zero-order valence-corrected chi connectivity index (χ0v) is 20.7. The summed E-state index contributed by atoms with van der Waals surface area (Å²) in [7, 11) is 2.20. The molecule has 4 heterocycles. The summed E-state index contributed by atoms with van der Waals surface area (Å²) in [5, 5.41) is 1.04. The van der Waals surface area contributed by atoms with E-state index < -0.39 is 6.04 Å². The van der Waals surface area contributed by atoms with Crippen molar-refractivity contribution in [2.45, 2.75) is 38.6 Å². The first-order valence-electron chi connectivity index (χ1n) is 12.8. The highest BCUT2D eigenvalue weighted by atomic mass is 16.2. The van der Waals surface area contributed by atoms with Crippen molar-refractivity contribution >= 4 is 28.5 Å². The van der Waals surface area contributed by atoms with Gasteiger partial charge in [0.1, 0.15) is 11.9 Å². The Labute approximate surface area is 207 Å². The number of fused-ring (bicyclic) bond motifs is 1. The second-order valence-corrected chi connectivity index (χ2v) is 10.1. The normalized spacial score (nSPS) is 19.1. The van der Waals surface area contributed by atoms with Crippen molar-refractivity contribution < 1.29 is 9.59 Å². The number of hydrogen-bond donors (Lipinski definition) is 1. The molecule has 0 bridgehead atoms. The first kappa shape index (κ1) is 23.5. The minimum absolute atomic E-state index is 0.00761. The lowest BCUT2D eigenvalue weighted by Crippen LogP contribution is -2.52. The fraction of sp³-hybridized carbons (Fsp3) is 0.464. The van der Waals surface area contributed by atoms with Crippen molar-refractivity contribution in [1.82, 2.24) is 19.8 Å². The maximum absolute atomic E-state index is 13.7. The SMILES string of the molecule is C[C@H](C(=O)N1CCC(C2CCN(C)CC2)CC1)N(C(=O)c1ccc2cc[nH]c2c1)c1ccccn1. The Morgan fingerprint density at radius 2 is 1.71 bits per heavy atom. The van der Waals surface area contributed by atoms with E-state index in [0.29, 0.717) is 17.3 Å². The topological polar surface area (TPSA) is 72.5 Å². The van der Waals surface area contributed by atoms with Crippen LogP contribution in [0.1, 0.15) is 43.0 Å². The molecule has 2 aliphatic heterocycles. The van der Waals surface area contributed by atoms with Crippen LogP contribution >= 0.6 is 0 Å². The van der Waals surface area contributed by atoms with Crippen LogP contribution in [0.5, 0.6) is 0 Å². The average molecular weight is 474 g/mol. The van der Waals surface area contributed by atoms with Crippen LogP contribution in [0.2, 0.25) is 0 Å². The van der Waals surface area contributed by atoms with Crippen LogP contribution < -0.4 is 4.90 Å². The molecule has 2 aliphatic rings. The molecular formula is C28H35N5O2. The number of carbonyl (C=O) groups is 2. The van der Waals surface area contributed by atoms with Crippen LogP contribution in [-0.4, -0.2) is 70.9 Å². The summed E-state index contributed by atoms with van der Waals surface area (Å²) in [6.07, 6.45) is 8.14. The number of likely N-dealkylation sites (tertiary alicyclic amines) is 2. The molecule has 1 atom stereocenters. The summed E-state index contributed by atoms with van der Waals surface area (Å²) < 4.78 is 0. The van der Waals surface area contributed by atoms with Gasteiger partial charge in [0, 0.05) is 36.6 Å². The number of benzene rings is 1. The molecule has 2 saturated heterocycles. The van der Waals surface area contributed by atoms with Crippen LogP contribution in [0, 0.1) is 11.8 Å². The Kier molecular flexibility index (Phi) is 6.86. The van der Waals surface area contributed by atoms with E-state index in [4.69, 9.17) is 0 Å². The standard InChI is InChI=1S/C28H35N5O2/c1-20(27(34)32-17-11-22(12-18-32)21-9-15-31(2)16-10-21)33(26-5-3-4-13-30-26)28(35)24-7-6-23-8-14-29-25(23)19-24/h3-8,13-14,19-22,29H,9-12,15-18H2,1-2H3/t20-/m1/s1. The molecule has 0 saturated carbocycles. The van der Waals surface area contributed by atoms with E-state index >= 15 is 0 Å². The zero-order valence-electron chi connectivity index (χ0n) is 20.7. The maximum Gasteiger partial charge on any atom is 0.260 e. The van der Waals surface area contributed by atoms with Gasteiger partial charge >= 0.3 is 0 Å². The van der Waals surface area contributed by atoms with E-state index in [0.717, 1.165) is 42.8 Å². The molecule has 2 fully saturated rings. The van der Waals surface area contributed by atoms with Gasteiger partial charge in [-0.1, -0.05) is 12.1 Å². The van der Waals surface area contributed by atoms with Gasteiger partial charge in [-0.3, -0.25) is 14.5 Å². The third kappa shape index (κ3) is 4.96. The number of rotatable bonds is 5. The number of aromatic amines is 1. The smallest absolute Gasteiger partial charge is 0.260 e. The number of nitrogens with zero attached hydrogens (tertiary/aromatic N) is 4. The summed E-state index contributed by atoms with van der Waals surface area (Å²) in [4.78, 5) is 40.9. The molecule has 2 amide bonds. The number of hydrogen-bond acceptors (Lipinski definition) is 4. The molecule has 3 aromatic rings. The lowest BCUT2D eigenvalue weighted by Gasteiger charge is -2.40. The summed E-state index contributed by atoms with van der Waals surface area (Å²) in [6, 6.07) is 12.4. The number of anilines is 1. The molecule has 2 aromatic heterocycles. The van der Waals surface area contributed by atoms with Crippen molar-refractivity contribution in [3.8, 4) is 0 Å². The van der Waals surface area contributed by atoms with Crippen molar-refractivity contribution in [2.75, 3.05) is 38.1 Å². The van der Waals surface area contributed by atoms with Gasteiger partial charge in [0.05, 0.1) is 0 Å². The zero-order chi connectivity index (χ0) is 24.4. The Morgan fingerprint density at radius 3 is 2.40 bits per heavy atom. The predicted molar refractivity (Wildman–Crippen MR) is 138 cm³/mol. The Balaban J connectivity index is 1.31. The molecule has 184 valence electrons. The molecule has 1 N–H and O–H groups in total. The monoisotopic (exact) mass is 473 g/mol. The van der Waals surface area contributed by atoms with E-state index in [-0.39, 0.29) is 11.8 Å². The number of nitrogens with one attached hydrogen (secondary N) is 1. The van der Waals surface area contributed by atoms with Gasteiger partial charge in [0.2, 0.25) is 5.91 Å². The molecular weight excluding hydrogens is 438 g/mol. The van der Waals surface area contributed by atoms with Gasteiger partial charge in [0.15, 0.2) is 0 Å². The van der Waals surface area contributed by atoms with Crippen LogP contribution in [-0.2, 0) is 4.79 Å². The van der Waals surface area contributed by atoms with Gasteiger partial charge in [0.25, 0.3) is 5.91 Å². The lowest BCUT2D eigenvalue weighted by molar-refractivity contribution is -0.133. The number of piperidine rings is 2. The highest BCUT2D eigenvalue weighted by molar-refractivity contribution is 6.10. The van der Waals surface area contributed by atoms with Crippen LogP contribution in [0.25, 0.3) is 10.9 Å². The van der Waals surface area contributed by atoms with E-state index in [9.17, 15) is 9.59 Å². The third-order valence-corrected chi connectivity index (χ3v) is 7.94. The van der Waals surface area contributed by atoms with Gasteiger partial charge < -0.3 is 14.8 Å². The van der Waals surface area contributed by atoms with Crippen molar-refractivity contribution in [2.24, 2.45) is 11.8 Å². The van der Waals surface area contributed by atoms with Gasteiger partial charge in [-0.15, -0.1) is 0 Å². The van der Waals surface area contributed by atoms with Gasteiger partial charge in [-0.05, 0) is 100 Å². The molecule has 0 unspecified atom stereocenters. The third-order valence-electron chi connectivity index (χ3n) is 7.94. The highest BCUT2D eigenvalue weighted by Crippen LogP contribution is 2.32. The van der Waals surface area contributed by atoms with Crippen molar-refractivity contribution in [1.29, 1.82) is 0 Å². The van der Waals surface area contributed by atoms with E-state index in [1.807, 2.05) is 54.4 Å². The average Bonchev–Trinajstić information content (AvgIpc) is 3.37. The first-order chi connectivity index (χ1) is 17.0. The van der Waals surface area contributed by atoms with E-state index in [1.165, 1.54) is 25.9 Å². The van der Waals surface area contributed by atoms with Crippen molar-refractivity contribution in [3.63, 3.8) is 0 Å². The van der Waals surface area contributed by atoms with Gasteiger partial charge in [-0.25, -0.2) is 4.98 Å². The maximum atomic E-state index is 13.7. The fourth-order valence-corrected chi connectivity index (χ4v) is 5.76. The molecule has 35 heavy (non-hydrogen) atoms. The fourth-order valence-electron chi connectivity index (χ4n) is 5.76. The van der Waals surface area contributed by atoms with Gasteiger partial charge in [-0.2, -0.15) is 0 Å². The summed E-state index contributed by atoms with van der Waals surface area (Å²) in [5.41, 5.74) is 1.43. The minimum atomic E-state index is -0.642. The minimum Gasteiger partial charge on any atom is -0.361 e.